The molecule has 4 heterocycles. The number of aromatic nitrogens is 2. The van der Waals surface area contributed by atoms with Crippen molar-refractivity contribution < 1.29 is 8.42 Å². The van der Waals surface area contributed by atoms with Crippen molar-refractivity contribution in [2.75, 3.05) is 43.2 Å². The van der Waals surface area contributed by atoms with Crippen molar-refractivity contribution in [1.82, 2.24) is 19.2 Å². The fraction of sp³-hybridized carbons (Fsp3) is 0.368. The van der Waals surface area contributed by atoms with E-state index < -0.39 is 10.0 Å². The minimum absolute atomic E-state index is 0.553. The summed E-state index contributed by atoms with van der Waals surface area (Å²) < 4.78 is 24.9. The molecule has 7 nitrogen and oxygen atoms in total. The van der Waals surface area contributed by atoms with Gasteiger partial charge in [0.2, 0.25) is 10.0 Å². The van der Waals surface area contributed by atoms with E-state index in [0.29, 0.717) is 13.1 Å². The zero-order valence-corrected chi connectivity index (χ0v) is 17.4. The highest BCUT2D eigenvalue weighted by atomic mass is 32.2. The Balaban J connectivity index is 1.41. The lowest BCUT2D eigenvalue weighted by atomic mass is 10.2. The van der Waals surface area contributed by atoms with Gasteiger partial charge in [-0.25, -0.2) is 13.4 Å². The van der Waals surface area contributed by atoms with E-state index in [9.17, 15) is 8.42 Å². The van der Waals surface area contributed by atoms with Crippen LogP contribution in [0.1, 0.15) is 11.1 Å². The number of hydrogen-bond donors (Lipinski definition) is 0. The molecule has 148 valence electrons. The van der Waals surface area contributed by atoms with Gasteiger partial charge >= 0.3 is 0 Å². The number of thioether (sulfide) groups is 1. The quantitative estimate of drug-likeness (QED) is 0.738. The molecule has 0 unspecified atom stereocenters. The zero-order valence-electron chi connectivity index (χ0n) is 15.7. The van der Waals surface area contributed by atoms with E-state index in [1.165, 1.54) is 22.3 Å². The van der Waals surface area contributed by atoms with Gasteiger partial charge in [0, 0.05) is 62.4 Å². The molecule has 0 saturated carbocycles. The smallest absolute Gasteiger partial charge is 0.211 e. The summed E-state index contributed by atoms with van der Waals surface area (Å²) in [7, 11) is -3.09. The number of nitrogens with zero attached hydrogens (tertiary/aromatic N) is 5. The van der Waals surface area contributed by atoms with Crippen LogP contribution in [-0.4, -0.2) is 65.9 Å². The molecule has 1 saturated heterocycles. The van der Waals surface area contributed by atoms with E-state index >= 15 is 0 Å². The van der Waals surface area contributed by atoms with Gasteiger partial charge in [0.15, 0.2) is 0 Å². The van der Waals surface area contributed by atoms with Crippen LogP contribution in [0.25, 0.3) is 4.91 Å². The Morgan fingerprint density at radius 1 is 1.07 bits per heavy atom. The summed E-state index contributed by atoms with van der Waals surface area (Å²) in [4.78, 5) is 14.3. The van der Waals surface area contributed by atoms with Gasteiger partial charge in [0.05, 0.1) is 12.1 Å². The minimum Gasteiger partial charge on any atom is -0.322 e. The maximum atomic E-state index is 11.7. The molecule has 1 fully saturated rings. The summed E-state index contributed by atoms with van der Waals surface area (Å²) in [5, 5.41) is 0. The van der Waals surface area contributed by atoms with Crippen LogP contribution in [0.4, 0.5) is 5.82 Å². The highest BCUT2D eigenvalue weighted by Gasteiger charge is 2.23. The van der Waals surface area contributed by atoms with Crippen LogP contribution >= 0.6 is 11.8 Å². The maximum Gasteiger partial charge on any atom is 0.211 e. The third-order valence-corrected chi connectivity index (χ3v) is 7.27. The largest absolute Gasteiger partial charge is 0.322 e. The molecule has 2 aliphatic rings. The van der Waals surface area contributed by atoms with Crippen molar-refractivity contribution in [3.05, 3.63) is 60.2 Å². The molecule has 0 N–H and O–H groups in total. The standard InChI is InChI=1S/C19H23N5O2S2/c1-28(25,26)24-10-8-22(9-11-24)13-16-2-7-21-19(12-16)23-14-18(27-15-23)17-3-5-20-6-4-17/h2-7,12,14H,8-11,13,15H2,1H3. The zero-order chi connectivity index (χ0) is 19.6. The van der Waals surface area contributed by atoms with Gasteiger partial charge in [-0.3, -0.25) is 9.88 Å². The van der Waals surface area contributed by atoms with E-state index in [2.05, 4.69) is 32.0 Å². The average molecular weight is 418 g/mol. The molecule has 2 aromatic heterocycles. The molecule has 0 bridgehead atoms. The first kappa shape index (κ1) is 19.4. The number of hydrogen-bond acceptors (Lipinski definition) is 7. The number of pyridine rings is 2. The fourth-order valence-electron chi connectivity index (χ4n) is 3.35. The lowest BCUT2D eigenvalue weighted by Gasteiger charge is -2.33. The second-order valence-corrected chi connectivity index (χ2v) is 9.90. The fourth-order valence-corrected chi connectivity index (χ4v) is 5.17. The second-order valence-electron chi connectivity index (χ2n) is 6.93. The minimum atomic E-state index is -3.09. The van der Waals surface area contributed by atoms with Crippen molar-refractivity contribution >= 4 is 32.5 Å². The summed E-state index contributed by atoms with van der Waals surface area (Å²) in [5.41, 5.74) is 2.36. The van der Waals surface area contributed by atoms with Gasteiger partial charge in [-0.05, 0) is 35.4 Å². The van der Waals surface area contributed by atoms with Crippen molar-refractivity contribution in [2.45, 2.75) is 6.54 Å². The summed E-state index contributed by atoms with van der Waals surface area (Å²) in [6.45, 7) is 3.40. The van der Waals surface area contributed by atoms with Gasteiger partial charge in [0.1, 0.15) is 5.82 Å². The Hall–Kier alpha value is -1.94. The SMILES string of the molecule is CS(=O)(=O)N1CCN(Cc2ccnc(N3C=C(c4ccncc4)SC3)c2)CC1. The molecule has 2 aromatic rings. The Morgan fingerprint density at radius 3 is 2.54 bits per heavy atom. The van der Waals surface area contributed by atoms with E-state index in [0.717, 1.165) is 31.3 Å². The number of sulfonamides is 1. The third-order valence-electron chi connectivity index (χ3n) is 4.91. The molecule has 9 heteroatoms. The number of rotatable bonds is 5. The predicted molar refractivity (Wildman–Crippen MR) is 113 cm³/mol. The Labute approximate surface area is 170 Å². The van der Waals surface area contributed by atoms with Gasteiger partial charge in [-0.15, -0.1) is 11.8 Å². The highest BCUT2D eigenvalue weighted by molar-refractivity contribution is 8.08. The molecule has 0 spiro atoms. The summed E-state index contributed by atoms with van der Waals surface area (Å²) >= 11 is 1.79. The first-order valence-corrected chi connectivity index (χ1v) is 12.0. The molecule has 0 aromatic carbocycles. The van der Waals surface area contributed by atoms with E-state index in [1.807, 2.05) is 36.8 Å². The van der Waals surface area contributed by atoms with Gasteiger partial charge in [-0.1, -0.05) is 0 Å². The van der Waals surface area contributed by atoms with Crippen LogP contribution in [0.15, 0.2) is 49.1 Å². The van der Waals surface area contributed by atoms with Crippen LogP contribution in [0.5, 0.6) is 0 Å². The lowest BCUT2D eigenvalue weighted by Crippen LogP contribution is -2.47. The average Bonchev–Trinajstić information content (AvgIpc) is 3.19. The number of piperazine rings is 1. The first-order valence-electron chi connectivity index (χ1n) is 9.13. The van der Waals surface area contributed by atoms with Gasteiger partial charge < -0.3 is 4.90 Å². The monoisotopic (exact) mass is 417 g/mol. The van der Waals surface area contributed by atoms with E-state index in [-0.39, 0.29) is 0 Å². The number of anilines is 1. The van der Waals surface area contributed by atoms with Crippen LogP contribution in [0.2, 0.25) is 0 Å². The molecule has 0 atom stereocenters. The van der Waals surface area contributed by atoms with Gasteiger partial charge in [-0.2, -0.15) is 4.31 Å². The third kappa shape index (κ3) is 4.54. The molecular weight excluding hydrogens is 394 g/mol. The van der Waals surface area contributed by atoms with Crippen LogP contribution < -0.4 is 4.90 Å². The topological polar surface area (TPSA) is 69.6 Å². The Kier molecular flexibility index (Phi) is 5.68. The molecule has 0 amide bonds. The molecule has 4 rings (SSSR count). The predicted octanol–water partition coefficient (Wildman–Crippen LogP) is 2.06. The molecule has 0 aliphatic carbocycles. The lowest BCUT2D eigenvalue weighted by molar-refractivity contribution is 0.182. The van der Waals surface area contributed by atoms with Crippen molar-refractivity contribution in [1.29, 1.82) is 0 Å². The van der Waals surface area contributed by atoms with Gasteiger partial charge in [0.25, 0.3) is 0 Å². The summed E-state index contributed by atoms with van der Waals surface area (Å²) in [6.07, 6.45) is 8.88. The van der Waals surface area contributed by atoms with Crippen molar-refractivity contribution in [2.24, 2.45) is 0 Å². The molecule has 28 heavy (non-hydrogen) atoms. The maximum absolute atomic E-state index is 11.7. The molecule has 0 radical (unpaired) electrons. The normalized spacial score (nSPS) is 19.0. The van der Waals surface area contributed by atoms with Crippen LogP contribution in [0.3, 0.4) is 0 Å². The van der Waals surface area contributed by atoms with E-state index in [4.69, 9.17) is 0 Å². The second kappa shape index (κ2) is 8.20. The van der Waals surface area contributed by atoms with Crippen molar-refractivity contribution in [3.63, 3.8) is 0 Å². The first-order chi connectivity index (χ1) is 13.5. The summed E-state index contributed by atoms with van der Waals surface area (Å²) in [6, 6.07) is 8.18. The van der Waals surface area contributed by atoms with Crippen LogP contribution in [0, 0.1) is 0 Å². The van der Waals surface area contributed by atoms with Crippen LogP contribution in [-0.2, 0) is 16.6 Å². The summed E-state index contributed by atoms with van der Waals surface area (Å²) in [5.74, 6) is 1.77. The Morgan fingerprint density at radius 2 is 1.82 bits per heavy atom. The molecule has 2 aliphatic heterocycles. The van der Waals surface area contributed by atoms with E-state index in [1.54, 1.807) is 16.1 Å². The highest BCUT2D eigenvalue weighted by Crippen LogP contribution is 2.35. The van der Waals surface area contributed by atoms with Crippen molar-refractivity contribution in [3.8, 4) is 0 Å². The molecular formula is C19H23N5O2S2. The Bertz CT molecular complexity index is 957.